The van der Waals surface area contributed by atoms with Crippen molar-refractivity contribution in [1.82, 2.24) is 4.90 Å². The molecule has 1 aliphatic rings. The van der Waals surface area contributed by atoms with Gasteiger partial charge < -0.3 is 9.84 Å². The number of thioether (sulfide) groups is 1. The topological polar surface area (TPSA) is 66.8 Å². The van der Waals surface area contributed by atoms with Crippen LogP contribution in [0.4, 0.5) is 0 Å². The Morgan fingerprint density at radius 2 is 2.21 bits per heavy atom. The number of benzene rings is 1. The SMILES string of the molecule is C#CCOc1ccccc1/C=C1/SC(=S)N(CCCC(=O)O)C1=O. The molecule has 0 radical (unpaired) electrons. The minimum Gasteiger partial charge on any atom is -0.481 e. The molecule has 0 bridgehead atoms. The summed E-state index contributed by atoms with van der Waals surface area (Å²) in [6, 6.07) is 7.25. The van der Waals surface area contributed by atoms with Crippen LogP contribution in [-0.4, -0.2) is 39.4 Å². The Kier molecular flexibility index (Phi) is 6.41. The average Bonchev–Trinajstić information content (AvgIpc) is 2.81. The fourth-order valence-electron chi connectivity index (χ4n) is 2.07. The number of rotatable bonds is 7. The van der Waals surface area contributed by atoms with E-state index in [-0.39, 0.29) is 18.9 Å². The number of carbonyl (C=O) groups is 2. The van der Waals surface area contributed by atoms with Crippen molar-refractivity contribution in [2.24, 2.45) is 0 Å². The van der Waals surface area contributed by atoms with E-state index < -0.39 is 5.97 Å². The second-order valence-corrected chi connectivity index (χ2v) is 6.54. The number of carbonyl (C=O) groups excluding carboxylic acids is 1. The largest absolute Gasteiger partial charge is 0.481 e. The summed E-state index contributed by atoms with van der Waals surface area (Å²) in [4.78, 5) is 24.9. The van der Waals surface area contributed by atoms with E-state index in [1.807, 2.05) is 18.2 Å². The van der Waals surface area contributed by atoms with Gasteiger partial charge in [0, 0.05) is 18.5 Å². The van der Waals surface area contributed by atoms with Gasteiger partial charge in [-0.05, 0) is 18.6 Å². The Bertz CT molecular complexity index is 736. The lowest BCUT2D eigenvalue weighted by atomic mass is 10.2. The van der Waals surface area contributed by atoms with E-state index in [1.165, 1.54) is 16.7 Å². The number of aliphatic carboxylic acids is 1. The van der Waals surface area contributed by atoms with Crippen LogP contribution in [0, 0.1) is 12.3 Å². The molecule has 24 heavy (non-hydrogen) atoms. The maximum atomic E-state index is 12.5. The van der Waals surface area contributed by atoms with Crippen molar-refractivity contribution < 1.29 is 19.4 Å². The molecule has 5 nitrogen and oxygen atoms in total. The number of terminal acetylenes is 1. The summed E-state index contributed by atoms with van der Waals surface area (Å²) in [5.41, 5.74) is 0.735. The molecule has 0 unspecified atom stereocenters. The molecule has 1 fully saturated rings. The number of para-hydroxylation sites is 1. The molecule has 1 N–H and O–H groups in total. The van der Waals surface area contributed by atoms with E-state index in [0.717, 1.165) is 5.56 Å². The highest BCUT2D eigenvalue weighted by Gasteiger charge is 2.31. The van der Waals surface area contributed by atoms with Gasteiger partial charge >= 0.3 is 5.97 Å². The molecule has 0 spiro atoms. The third-order valence-electron chi connectivity index (χ3n) is 3.16. The number of nitrogens with zero attached hydrogens (tertiary/aromatic N) is 1. The normalized spacial score (nSPS) is 15.6. The lowest BCUT2D eigenvalue weighted by Crippen LogP contribution is -2.29. The van der Waals surface area contributed by atoms with Crippen molar-refractivity contribution >= 4 is 46.3 Å². The number of hydrogen-bond acceptors (Lipinski definition) is 5. The van der Waals surface area contributed by atoms with Crippen LogP contribution in [-0.2, 0) is 9.59 Å². The zero-order valence-corrected chi connectivity index (χ0v) is 14.4. The monoisotopic (exact) mass is 361 g/mol. The van der Waals surface area contributed by atoms with Gasteiger partial charge in [0.1, 0.15) is 16.7 Å². The van der Waals surface area contributed by atoms with Gasteiger partial charge in [0.2, 0.25) is 0 Å². The lowest BCUT2D eigenvalue weighted by Gasteiger charge is -2.13. The molecule has 1 heterocycles. The maximum absolute atomic E-state index is 12.5. The van der Waals surface area contributed by atoms with E-state index in [1.54, 1.807) is 12.1 Å². The standard InChI is InChI=1S/C17H15NO4S2/c1-2-10-22-13-7-4-3-6-12(13)11-14-16(21)18(17(23)24-14)9-5-8-15(19)20/h1,3-4,6-7,11H,5,8-10H2,(H,19,20)/b14-11+. The van der Waals surface area contributed by atoms with Crippen LogP contribution in [0.5, 0.6) is 5.75 Å². The van der Waals surface area contributed by atoms with E-state index in [0.29, 0.717) is 27.9 Å². The molecule has 1 amide bonds. The first-order chi connectivity index (χ1) is 11.5. The van der Waals surface area contributed by atoms with Gasteiger partial charge in [-0.1, -0.05) is 48.1 Å². The summed E-state index contributed by atoms with van der Waals surface area (Å²) in [6.07, 6.45) is 7.27. The maximum Gasteiger partial charge on any atom is 0.303 e. The molecule has 1 aromatic rings. The molecule has 124 valence electrons. The second-order valence-electron chi connectivity index (χ2n) is 4.86. The van der Waals surface area contributed by atoms with Gasteiger partial charge in [-0.25, -0.2) is 0 Å². The summed E-state index contributed by atoms with van der Waals surface area (Å²) in [6.45, 7) is 0.435. The van der Waals surface area contributed by atoms with Crippen molar-refractivity contribution in [2.45, 2.75) is 12.8 Å². The summed E-state index contributed by atoms with van der Waals surface area (Å²) in [5.74, 6) is 1.88. The molecule has 1 aromatic carbocycles. The molecule has 1 aliphatic heterocycles. The van der Waals surface area contributed by atoms with E-state index in [2.05, 4.69) is 5.92 Å². The van der Waals surface area contributed by atoms with Crippen molar-refractivity contribution in [3.63, 3.8) is 0 Å². The van der Waals surface area contributed by atoms with Gasteiger partial charge in [-0.15, -0.1) is 6.42 Å². The van der Waals surface area contributed by atoms with Crippen molar-refractivity contribution in [2.75, 3.05) is 13.2 Å². The van der Waals surface area contributed by atoms with E-state index >= 15 is 0 Å². The van der Waals surface area contributed by atoms with Crippen LogP contribution in [0.15, 0.2) is 29.2 Å². The van der Waals surface area contributed by atoms with E-state index in [4.69, 9.17) is 28.5 Å². The molecular formula is C17H15NO4S2. The smallest absolute Gasteiger partial charge is 0.303 e. The average molecular weight is 361 g/mol. The lowest BCUT2D eigenvalue weighted by molar-refractivity contribution is -0.137. The number of hydrogen-bond donors (Lipinski definition) is 1. The fourth-order valence-corrected chi connectivity index (χ4v) is 3.37. The van der Waals surface area contributed by atoms with E-state index in [9.17, 15) is 9.59 Å². The van der Waals surface area contributed by atoms with Crippen molar-refractivity contribution in [1.29, 1.82) is 0 Å². The minimum absolute atomic E-state index is 0.00112. The highest BCUT2D eigenvalue weighted by Crippen LogP contribution is 2.34. The van der Waals surface area contributed by atoms with Crippen LogP contribution >= 0.6 is 24.0 Å². The van der Waals surface area contributed by atoms with Crippen molar-refractivity contribution in [3.8, 4) is 18.1 Å². The molecule has 2 rings (SSSR count). The molecule has 1 saturated heterocycles. The van der Waals surface area contributed by atoms with Gasteiger partial charge in [0.15, 0.2) is 0 Å². The van der Waals surface area contributed by atoms with Crippen LogP contribution in [0.2, 0.25) is 0 Å². The van der Waals surface area contributed by atoms with Crippen molar-refractivity contribution in [3.05, 3.63) is 34.7 Å². The fraction of sp³-hybridized carbons (Fsp3) is 0.235. The number of carboxylic acid groups (broad SMARTS) is 1. The van der Waals surface area contributed by atoms with Crippen LogP contribution in [0.3, 0.4) is 0 Å². The van der Waals surface area contributed by atoms with Crippen LogP contribution < -0.4 is 4.74 Å². The van der Waals surface area contributed by atoms with Crippen LogP contribution in [0.1, 0.15) is 18.4 Å². The number of thiocarbonyl (C=S) groups is 1. The Morgan fingerprint density at radius 1 is 1.46 bits per heavy atom. The zero-order valence-electron chi connectivity index (χ0n) is 12.7. The van der Waals surface area contributed by atoms with Gasteiger partial charge in [-0.2, -0.15) is 0 Å². The Hall–Kier alpha value is -2.30. The molecule has 7 heteroatoms. The highest BCUT2D eigenvalue weighted by molar-refractivity contribution is 8.26. The number of carboxylic acids is 1. The molecule has 0 atom stereocenters. The molecule has 0 aliphatic carbocycles. The molecule has 0 saturated carbocycles. The predicted octanol–water partition coefficient (Wildman–Crippen LogP) is 2.76. The summed E-state index contributed by atoms with van der Waals surface area (Å²) in [5, 5.41) is 8.69. The third-order valence-corrected chi connectivity index (χ3v) is 4.54. The summed E-state index contributed by atoms with van der Waals surface area (Å²) >= 11 is 6.41. The number of ether oxygens (including phenoxy) is 1. The molecular weight excluding hydrogens is 346 g/mol. The first kappa shape index (κ1) is 18.0. The second kappa shape index (κ2) is 8.52. The van der Waals surface area contributed by atoms with Gasteiger partial charge in [0.05, 0.1) is 4.91 Å². The Balaban J connectivity index is 2.14. The van der Waals surface area contributed by atoms with Crippen LogP contribution in [0.25, 0.3) is 6.08 Å². The Labute approximate surface area is 149 Å². The highest BCUT2D eigenvalue weighted by atomic mass is 32.2. The first-order valence-corrected chi connectivity index (χ1v) is 8.38. The predicted molar refractivity (Wildman–Crippen MR) is 97.5 cm³/mol. The molecule has 0 aromatic heterocycles. The summed E-state index contributed by atoms with van der Waals surface area (Å²) < 4.78 is 5.89. The minimum atomic E-state index is -0.893. The summed E-state index contributed by atoms with van der Waals surface area (Å²) in [7, 11) is 0. The Morgan fingerprint density at radius 3 is 2.92 bits per heavy atom. The third kappa shape index (κ3) is 4.60. The van der Waals surface area contributed by atoms with Gasteiger partial charge in [-0.3, -0.25) is 14.5 Å². The first-order valence-electron chi connectivity index (χ1n) is 7.15. The quantitative estimate of drug-likeness (QED) is 0.458. The van der Waals surface area contributed by atoms with Gasteiger partial charge in [0.25, 0.3) is 5.91 Å². The number of amides is 1. The zero-order chi connectivity index (χ0) is 17.5.